The Balaban J connectivity index is 1.45. The molecule has 0 radical (unpaired) electrons. The molecule has 1 heterocycles. The number of pyridine rings is 1. The molecule has 0 aliphatic heterocycles. The third-order valence-corrected chi connectivity index (χ3v) is 9.11. The van der Waals surface area contributed by atoms with Crippen LogP contribution in [-0.4, -0.2) is 4.98 Å². The Morgan fingerprint density at radius 3 is 1.58 bits per heavy atom. The van der Waals surface area contributed by atoms with Crippen LogP contribution in [0.2, 0.25) is 0 Å². The van der Waals surface area contributed by atoms with E-state index in [1.807, 2.05) is 6.20 Å². The molecule has 1 aliphatic rings. The van der Waals surface area contributed by atoms with Gasteiger partial charge >= 0.3 is 0 Å². The Labute approximate surface area is 250 Å². The second-order valence-corrected chi connectivity index (χ2v) is 11.5. The highest BCUT2D eigenvalue weighted by molar-refractivity contribution is 6.29. The molecule has 0 spiro atoms. The molecule has 0 saturated heterocycles. The van der Waals surface area contributed by atoms with Crippen molar-refractivity contribution < 1.29 is 0 Å². The predicted octanol–water partition coefficient (Wildman–Crippen LogP) is 11.5. The van der Waals surface area contributed by atoms with Crippen LogP contribution >= 0.6 is 0 Å². The molecule has 1 aliphatic carbocycles. The summed E-state index contributed by atoms with van der Waals surface area (Å²) in [5.74, 6) is 0. The number of fused-ring (bicyclic) bond motifs is 5. The van der Waals surface area contributed by atoms with Crippen molar-refractivity contribution in [3.8, 4) is 55.6 Å². The molecule has 43 heavy (non-hydrogen) atoms. The van der Waals surface area contributed by atoms with Crippen molar-refractivity contribution in [2.24, 2.45) is 0 Å². The van der Waals surface area contributed by atoms with E-state index in [1.54, 1.807) is 0 Å². The topological polar surface area (TPSA) is 12.9 Å². The number of benzene rings is 7. The van der Waals surface area contributed by atoms with Crippen LogP contribution in [0, 0.1) is 6.92 Å². The lowest BCUT2D eigenvalue weighted by Crippen LogP contribution is -1.93. The van der Waals surface area contributed by atoms with Gasteiger partial charge in [0.2, 0.25) is 0 Å². The van der Waals surface area contributed by atoms with Crippen LogP contribution in [0.3, 0.4) is 0 Å². The summed E-state index contributed by atoms with van der Waals surface area (Å²) in [6, 6.07) is 51.1. The smallest absolute Gasteiger partial charge is 0.0379 e. The Morgan fingerprint density at radius 1 is 0.395 bits per heavy atom. The SMILES string of the molecule is Cc1cc2cccc(-c3ccc4c5c(cccc35)-c3c-4c(-c4ccccc4)c4ccccc4c3-c3ccccc3)c2cn1. The first-order valence-corrected chi connectivity index (χ1v) is 14.9. The summed E-state index contributed by atoms with van der Waals surface area (Å²) in [6.45, 7) is 2.06. The number of hydrogen-bond donors (Lipinski definition) is 0. The average molecular weight is 546 g/mol. The third kappa shape index (κ3) is 3.49. The summed E-state index contributed by atoms with van der Waals surface area (Å²) in [6.07, 6.45) is 2.03. The Hall–Kier alpha value is -5.53. The van der Waals surface area contributed by atoms with Gasteiger partial charge in [0.25, 0.3) is 0 Å². The first-order chi connectivity index (χ1) is 21.3. The van der Waals surface area contributed by atoms with Gasteiger partial charge in [-0.2, -0.15) is 0 Å². The van der Waals surface area contributed by atoms with Gasteiger partial charge in [-0.1, -0.05) is 133 Å². The van der Waals surface area contributed by atoms with Gasteiger partial charge in [-0.25, -0.2) is 0 Å². The van der Waals surface area contributed by atoms with Crippen LogP contribution < -0.4 is 0 Å². The third-order valence-electron chi connectivity index (χ3n) is 9.11. The fourth-order valence-corrected chi connectivity index (χ4v) is 7.36. The maximum absolute atomic E-state index is 4.68. The molecule has 200 valence electrons. The lowest BCUT2D eigenvalue weighted by Gasteiger charge is -2.20. The van der Waals surface area contributed by atoms with Crippen molar-refractivity contribution in [1.29, 1.82) is 0 Å². The van der Waals surface area contributed by atoms with Crippen LogP contribution in [0.5, 0.6) is 0 Å². The molecule has 8 aromatic rings. The largest absolute Gasteiger partial charge is 0.261 e. The summed E-state index contributed by atoms with van der Waals surface area (Å²) in [5.41, 5.74) is 13.9. The highest BCUT2D eigenvalue weighted by Gasteiger charge is 2.31. The maximum atomic E-state index is 4.68. The predicted molar refractivity (Wildman–Crippen MR) is 182 cm³/mol. The minimum absolute atomic E-state index is 1.04. The number of rotatable bonds is 3. The van der Waals surface area contributed by atoms with E-state index in [4.69, 9.17) is 0 Å². The van der Waals surface area contributed by atoms with Gasteiger partial charge in [-0.05, 0) is 95.6 Å². The second-order valence-electron chi connectivity index (χ2n) is 11.5. The number of hydrogen-bond acceptors (Lipinski definition) is 1. The normalized spacial score (nSPS) is 11.8. The zero-order valence-corrected chi connectivity index (χ0v) is 23.8. The van der Waals surface area contributed by atoms with Crippen LogP contribution in [0.15, 0.2) is 146 Å². The lowest BCUT2D eigenvalue weighted by molar-refractivity contribution is 1.22. The van der Waals surface area contributed by atoms with E-state index in [0.717, 1.165) is 5.69 Å². The zero-order chi connectivity index (χ0) is 28.5. The van der Waals surface area contributed by atoms with Crippen molar-refractivity contribution >= 4 is 32.3 Å². The van der Waals surface area contributed by atoms with E-state index in [9.17, 15) is 0 Å². The van der Waals surface area contributed by atoms with E-state index in [-0.39, 0.29) is 0 Å². The van der Waals surface area contributed by atoms with Gasteiger partial charge in [0, 0.05) is 17.3 Å². The van der Waals surface area contributed by atoms with Gasteiger partial charge in [0.15, 0.2) is 0 Å². The molecule has 7 aromatic carbocycles. The molecule has 1 aromatic heterocycles. The van der Waals surface area contributed by atoms with E-state index in [1.165, 1.54) is 88.0 Å². The van der Waals surface area contributed by atoms with E-state index in [0.29, 0.717) is 0 Å². The van der Waals surface area contributed by atoms with Gasteiger partial charge in [0.05, 0.1) is 0 Å². The van der Waals surface area contributed by atoms with Crippen LogP contribution in [0.4, 0.5) is 0 Å². The minimum atomic E-state index is 1.04. The molecule has 0 unspecified atom stereocenters. The van der Waals surface area contributed by atoms with Crippen LogP contribution in [0.25, 0.3) is 88.0 Å². The number of nitrogens with zero attached hydrogens (tertiary/aromatic N) is 1. The van der Waals surface area contributed by atoms with Gasteiger partial charge < -0.3 is 0 Å². The zero-order valence-electron chi connectivity index (χ0n) is 23.8. The van der Waals surface area contributed by atoms with Crippen molar-refractivity contribution in [2.75, 3.05) is 0 Å². The van der Waals surface area contributed by atoms with Gasteiger partial charge in [0.1, 0.15) is 0 Å². The Bertz CT molecular complexity index is 2290. The van der Waals surface area contributed by atoms with E-state index < -0.39 is 0 Å². The quantitative estimate of drug-likeness (QED) is 0.215. The first kappa shape index (κ1) is 24.1. The van der Waals surface area contributed by atoms with Crippen molar-refractivity contribution in [1.82, 2.24) is 4.98 Å². The molecule has 0 N–H and O–H groups in total. The van der Waals surface area contributed by atoms with Crippen molar-refractivity contribution in [3.05, 3.63) is 151 Å². The monoisotopic (exact) mass is 545 g/mol. The molecule has 0 amide bonds. The molecule has 0 bridgehead atoms. The Kier molecular flexibility index (Phi) is 5.18. The van der Waals surface area contributed by atoms with Crippen LogP contribution in [-0.2, 0) is 0 Å². The van der Waals surface area contributed by atoms with Gasteiger partial charge in [-0.3, -0.25) is 4.98 Å². The molecule has 1 heteroatoms. The molecular weight excluding hydrogens is 518 g/mol. The van der Waals surface area contributed by atoms with E-state index >= 15 is 0 Å². The highest BCUT2D eigenvalue weighted by atomic mass is 14.7. The average Bonchev–Trinajstić information content (AvgIpc) is 3.39. The minimum Gasteiger partial charge on any atom is -0.261 e. The summed E-state index contributed by atoms with van der Waals surface area (Å²) in [4.78, 5) is 4.68. The summed E-state index contributed by atoms with van der Waals surface area (Å²) in [5, 5.41) is 7.59. The van der Waals surface area contributed by atoms with Crippen LogP contribution in [0.1, 0.15) is 5.69 Å². The number of aryl methyl sites for hydroxylation is 1. The second kappa shape index (κ2) is 9.24. The summed E-state index contributed by atoms with van der Waals surface area (Å²) in [7, 11) is 0. The Morgan fingerprint density at radius 2 is 0.907 bits per heavy atom. The molecule has 0 atom stereocenters. The molecule has 0 saturated carbocycles. The fraction of sp³-hybridized carbons (Fsp3) is 0.0238. The molecule has 1 nitrogen and oxygen atoms in total. The lowest BCUT2D eigenvalue weighted by atomic mass is 9.82. The van der Waals surface area contributed by atoms with Gasteiger partial charge in [-0.15, -0.1) is 0 Å². The van der Waals surface area contributed by atoms with Crippen molar-refractivity contribution in [2.45, 2.75) is 6.92 Å². The molecule has 9 rings (SSSR count). The highest BCUT2D eigenvalue weighted by Crippen LogP contribution is 2.58. The summed E-state index contributed by atoms with van der Waals surface area (Å²) >= 11 is 0. The molecule has 0 fully saturated rings. The maximum Gasteiger partial charge on any atom is 0.0379 e. The molecular formula is C42H27N. The van der Waals surface area contributed by atoms with E-state index in [2.05, 4.69) is 151 Å². The first-order valence-electron chi connectivity index (χ1n) is 14.9. The summed E-state index contributed by atoms with van der Waals surface area (Å²) < 4.78 is 0. The van der Waals surface area contributed by atoms with Crippen molar-refractivity contribution in [3.63, 3.8) is 0 Å². The number of aromatic nitrogens is 1. The standard InChI is InChI=1S/C42H27N/c1-26-24-29-16-10-19-30(37(29)25-43-26)31-22-23-36-40-32(31)20-11-21-35(40)41-38(27-12-4-2-5-13-27)33-17-8-9-18-34(33)39(42(36)41)28-14-6-3-7-15-28/h2-25H,1H3. The fourth-order valence-electron chi connectivity index (χ4n) is 7.36.